The zero-order chi connectivity index (χ0) is 9.10. The van der Waals surface area contributed by atoms with Crippen LogP contribution in [0.3, 0.4) is 0 Å². The largest absolute Gasteiger partial charge is 0.314 e. The highest BCUT2D eigenvalue weighted by molar-refractivity contribution is 9.10. The topological polar surface area (TPSA) is 44.0 Å². The lowest BCUT2D eigenvalue weighted by Gasteiger charge is -2.26. The number of rotatable bonds is 2. The summed E-state index contributed by atoms with van der Waals surface area (Å²) in [6, 6.07) is 0. The van der Waals surface area contributed by atoms with Gasteiger partial charge in [0.15, 0.2) is 0 Å². The van der Waals surface area contributed by atoms with Crippen molar-refractivity contribution in [1.29, 1.82) is 0 Å². The molecular weight excluding hydrogens is 232 g/mol. The fourth-order valence-corrected chi connectivity index (χ4v) is 1.85. The first kappa shape index (κ1) is 9.18. The minimum atomic E-state index is 0.985. The zero-order valence-corrected chi connectivity index (χ0v) is 8.97. The maximum atomic E-state index is 3.97. The molecule has 0 aliphatic carbocycles. The Morgan fingerprint density at radius 2 is 2.23 bits per heavy atom. The van der Waals surface area contributed by atoms with E-state index < -0.39 is 0 Å². The maximum absolute atomic E-state index is 3.97. The number of aromatic nitrogens is 2. The van der Waals surface area contributed by atoms with Crippen molar-refractivity contribution in [2.75, 3.05) is 26.2 Å². The van der Waals surface area contributed by atoms with Crippen molar-refractivity contribution in [3.05, 3.63) is 16.4 Å². The number of hydrogen-bond donors (Lipinski definition) is 2. The Balaban J connectivity index is 1.93. The van der Waals surface area contributed by atoms with Crippen molar-refractivity contribution in [2.45, 2.75) is 6.54 Å². The predicted molar refractivity (Wildman–Crippen MR) is 54.4 cm³/mol. The normalized spacial score (nSPS) is 19.2. The molecule has 0 unspecified atom stereocenters. The smallest absolute Gasteiger partial charge is 0.105 e. The predicted octanol–water partition coefficient (Wildman–Crippen LogP) is 0.577. The summed E-state index contributed by atoms with van der Waals surface area (Å²) in [5.74, 6) is 0. The van der Waals surface area contributed by atoms with E-state index in [-0.39, 0.29) is 0 Å². The van der Waals surface area contributed by atoms with Gasteiger partial charge in [-0.2, -0.15) is 5.10 Å². The van der Waals surface area contributed by atoms with E-state index in [9.17, 15) is 0 Å². The third-order valence-electron chi connectivity index (χ3n) is 2.27. The summed E-state index contributed by atoms with van der Waals surface area (Å²) in [7, 11) is 0. The molecule has 0 amide bonds. The Morgan fingerprint density at radius 1 is 1.46 bits per heavy atom. The number of H-pyrrole nitrogens is 1. The van der Waals surface area contributed by atoms with Crippen LogP contribution in [-0.4, -0.2) is 41.3 Å². The molecule has 72 valence electrons. The van der Waals surface area contributed by atoms with Gasteiger partial charge in [-0.3, -0.25) is 10.00 Å². The van der Waals surface area contributed by atoms with Crippen molar-refractivity contribution in [3.8, 4) is 0 Å². The second-order valence-corrected chi connectivity index (χ2v) is 4.03. The van der Waals surface area contributed by atoms with Crippen LogP contribution < -0.4 is 5.32 Å². The molecule has 13 heavy (non-hydrogen) atoms. The van der Waals surface area contributed by atoms with Crippen LogP contribution in [0.2, 0.25) is 0 Å². The quantitative estimate of drug-likeness (QED) is 0.801. The van der Waals surface area contributed by atoms with Crippen LogP contribution in [-0.2, 0) is 6.54 Å². The van der Waals surface area contributed by atoms with Gasteiger partial charge in [-0.15, -0.1) is 0 Å². The lowest BCUT2D eigenvalue weighted by molar-refractivity contribution is 0.233. The van der Waals surface area contributed by atoms with Gasteiger partial charge >= 0.3 is 0 Å². The van der Waals surface area contributed by atoms with Gasteiger partial charge in [0.2, 0.25) is 0 Å². The minimum Gasteiger partial charge on any atom is -0.314 e. The van der Waals surface area contributed by atoms with Gasteiger partial charge in [0.05, 0.1) is 6.20 Å². The molecule has 1 aromatic rings. The van der Waals surface area contributed by atoms with Gasteiger partial charge < -0.3 is 5.32 Å². The van der Waals surface area contributed by atoms with E-state index >= 15 is 0 Å². The molecule has 2 N–H and O–H groups in total. The van der Waals surface area contributed by atoms with E-state index in [0.29, 0.717) is 0 Å². The minimum absolute atomic E-state index is 0.985. The van der Waals surface area contributed by atoms with Gasteiger partial charge in [0.25, 0.3) is 0 Å². The zero-order valence-electron chi connectivity index (χ0n) is 7.39. The van der Waals surface area contributed by atoms with Crippen molar-refractivity contribution in [1.82, 2.24) is 20.4 Å². The summed E-state index contributed by atoms with van der Waals surface area (Å²) in [4.78, 5) is 2.42. The molecule has 4 nitrogen and oxygen atoms in total. The molecule has 1 aliphatic rings. The van der Waals surface area contributed by atoms with E-state index in [1.807, 2.05) is 6.20 Å². The second kappa shape index (κ2) is 4.21. The summed E-state index contributed by atoms with van der Waals surface area (Å²) in [5.41, 5.74) is 1.24. The highest BCUT2D eigenvalue weighted by atomic mass is 79.9. The van der Waals surface area contributed by atoms with Crippen molar-refractivity contribution >= 4 is 15.9 Å². The maximum Gasteiger partial charge on any atom is 0.105 e. The number of halogens is 1. The fourth-order valence-electron chi connectivity index (χ4n) is 1.52. The van der Waals surface area contributed by atoms with Crippen molar-refractivity contribution < 1.29 is 0 Å². The summed E-state index contributed by atoms with van der Waals surface area (Å²) in [5, 5.41) is 10.2. The lowest BCUT2D eigenvalue weighted by atomic mass is 10.3. The van der Waals surface area contributed by atoms with Crippen LogP contribution in [0.15, 0.2) is 10.8 Å². The van der Waals surface area contributed by atoms with Crippen LogP contribution in [0.25, 0.3) is 0 Å². The number of nitrogens with zero attached hydrogens (tertiary/aromatic N) is 2. The highest BCUT2D eigenvalue weighted by Crippen LogP contribution is 2.14. The summed E-state index contributed by atoms with van der Waals surface area (Å²) >= 11 is 3.43. The number of nitrogens with one attached hydrogen (secondary N) is 2. The molecule has 5 heteroatoms. The average Bonchev–Trinajstić information content (AvgIpc) is 2.54. The average molecular weight is 245 g/mol. The molecule has 1 aliphatic heterocycles. The number of piperazine rings is 1. The Hall–Kier alpha value is -0.390. The lowest BCUT2D eigenvalue weighted by Crippen LogP contribution is -2.42. The summed E-state index contributed by atoms with van der Waals surface area (Å²) in [6.45, 7) is 5.42. The van der Waals surface area contributed by atoms with Crippen LogP contribution in [0.5, 0.6) is 0 Å². The number of hydrogen-bond acceptors (Lipinski definition) is 3. The molecule has 0 aromatic carbocycles. The molecule has 1 saturated heterocycles. The third kappa shape index (κ3) is 2.30. The molecule has 0 atom stereocenters. The molecule has 0 spiro atoms. The SMILES string of the molecule is Brc1[nH]ncc1CN1CCNCC1. The number of aromatic amines is 1. The van der Waals surface area contributed by atoms with Gasteiger partial charge in [0, 0.05) is 38.3 Å². The first-order valence-corrected chi connectivity index (χ1v) is 5.26. The van der Waals surface area contributed by atoms with E-state index in [0.717, 1.165) is 37.3 Å². The van der Waals surface area contributed by atoms with Crippen molar-refractivity contribution in [3.63, 3.8) is 0 Å². The Labute approximate surface area is 85.8 Å². The molecule has 0 saturated carbocycles. The highest BCUT2D eigenvalue weighted by Gasteiger charge is 2.11. The van der Waals surface area contributed by atoms with Crippen LogP contribution >= 0.6 is 15.9 Å². The Kier molecular flexibility index (Phi) is 2.97. The van der Waals surface area contributed by atoms with E-state index in [2.05, 4.69) is 36.3 Å². The van der Waals surface area contributed by atoms with Gasteiger partial charge in [-0.25, -0.2) is 0 Å². The summed E-state index contributed by atoms with van der Waals surface area (Å²) < 4.78 is 1.01. The van der Waals surface area contributed by atoms with Crippen LogP contribution in [0, 0.1) is 0 Å². The van der Waals surface area contributed by atoms with E-state index in [1.54, 1.807) is 0 Å². The molecule has 0 radical (unpaired) electrons. The molecule has 0 bridgehead atoms. The van der Waals surface area contributed by atoms with Gasteiger partial charge in [-0.1, -0.05) is 0 Å². The van der Waals surface area contributed by atoms with Crippen LogP contribution in [0.4, 0.5) is 0 Å². The Morgan fingerprint density at radius 3 is 2.85 bits per heavy atom. The third-order valence-corrected chi connectivity index (χ3v) is 2.96. The van der Waals surface area contributed by atoms with E-state index in [4.69, 9.17) is 0 Å². The molecule has 1 aromatic heterocycles. The standard InChI is InChI=1S/C8H13BrN4/c9-8-7(5-11-12-8)6-13-3-1-10-2-4-13/h5,10H,1-4,6H2,(H,11,12). The first-order chi connectivity index (χ1) is 6.36. The molecule has 2 heterocycles. The summed E-state index contributed by atoms with van der Waals surface area (Å²) in [6.07, 6.45) is 1.88. The second-order valence-electron chi connectivity index (χ2n) is 3.24. The molecule has 1 fully saturated rings. The van der Waals surface area contributed by atoms with Gasteiger partial charge in [-0.05, 0) is 15.9 Å². The molecule has 2 rings (SSSR count). The fraction of sp³-hybridized carbons (Fsp3) is 0.625. The van der Waals surface area contributed by atoms with E-state index in [1.165, 1.54) is 5.56 Å². The van der Waals surface area contributed by atoms with Gasteiger partial charge in [0.1, 0.15) is 4.60 Å². The molecular formula is C8H13BrN4. The Bertz CT molecular complexity index is 267. The first-order valence-electron chi connectivity index (χ1n) is 4.47. The van der Waals surface area contributed by atoms with Crippen molar-refractivity contribution in [2.24, 2.45) is 0 Å². The monoisotopic (exact) mass is 244 g/mol. The van der Waals surface area contributed by atoms with Crippen LogP contribution in [0.1, 0.15) is 5.56 Å².